The third kappa shape index (κ3) is 4.91. The topological polar surface area (TPSA) is 126 Å². The zero-order valence-corrected chi connectivity index (χ0v) is 20.7. The molecule has 0 spiro atoms. The molecular weight excluding hydrogens is 478 g/mol. The molecule has 1 fully saturated rings. The van der Waals surface area contributed by atoms with E-state index >= 15 is 0 Å². The quantitative estimate of drug-likeness (QED) is 0.482. The minimum Gasteiger partial charge on any atom is -0.496 e. The van der Waals surface area contributed by atoms with Crippen LogP contribution in [0, 0.1) is 0 Å². The molecule has 3 heterocycles. The smallest absolute Gasteiger partial charge is 0.292 e. The van der Waals surface area contributed by atoms with Crippen LogP contribution in [0.4, 0.5) is 11.4 Å². The Balaban J connectivity index is 1.63. The summed E-state index contributed by atoms with van der Waals surface area (Å²) in [7, 11) is 2.09. The van der Waals surface area contributed by atoms with Gasteiger partial charge >= 0.3 is 0 Å². The number of methoxy groups -OCH3 is 3. The Morgan fingerprint density at radius 3 is 2.34 bits per heavy atom. The third-order valence-electron chi connectivity index (χ3n) is 5.59. The maximum atomic E-state index is 12.8. The number of nitrogens with one attached hydrogen (secondary N) is 1. The summed E-state index contributed by atoms with van der Waals surface area (Å²) in [5, 5.41) is 0.998. The summed E-state index contributed by atoms with van der Waals surface area (Å²) in [5.74, 6) is 1.27. The molecule has 1 aliphatic rings. The van der Waals surface area contributed by atoms with Crippen molar-refractivity contribution in [3.05, 3.63) is 45.9 Å². The molecule has 0 saturated carbocycles. The fourth-order valence-corrected chi connectivity index (χ4v) is 4.65. The van der Waals surface area contributed by atoms with Gasteiger partial charge in [0.15, 0.2) is 5.65 Å². The van der Waals surface area contributed by atoms with E-state index in [1.54, 1.807) is 19.2 Å². The molecule has 4 rings (SSSR count). The summed E-state index contributed by atoms with van der Waals surface area (Å²) < 4.78 is 52.3. The minimum absolute atomic E-state index is 0.190. The second-order valence-electron chi connectivity index (χ2n) is 7.68. The van der Waals surface area contributed by atoms with Crippen molar-refractivity contribution in [3.8, 4) is 17.2 Å². The minimum atomic E-state index is -3.94. The number of rotatable bonds is 8. The molecule has 0 aliphatic carbocycles. The molecule has 35 heavy (non-hydrogen) atoms. The molecule has 188 valence electrons. The number of morpholine rings is 1. The third-order valence-corrected chi connectivity index (χ3v) is 6.60. The molecule has 1 saturated heterocycles. The Kier molecular flexibility index (Phi) is 6.89. The zero-order valence-electron chi connectivity index (χ0n) is 19.8. The van der Waals surface area contributed by atoms with Crippen molar-refractivity contribution in [1.29, 1.82) is 0 Å². The molecule has 1 N–H and O–H groups in total. The Bertz CT molecular complexity index is 1400. The molecular formula is C22H27N5O7S. The fourth-order valence-electron chi connectivity index (χ4n) is 3.83. The summed E-state index contributed by atoms with van der Waals surface area (Å²) in [5.41, 5.74) is 1.29. The van der Waals surface area contributed by atoms with Gasteiger partial charge in [0.1, 0.15) is 22.9 Å². The van der Waals surface area contributed by atoms with Crippen molar-refractivity contribution < 1.29 is 27.4 Å². The Hall–Kier alpha value is -3.71. The molecule has 0 radical (unpaired) electrons. The number of nitrogens with zero attached hydrogens (tertiary/aromatic N) is 4. The number of aromatic nitrogens is 3. The van der Waals surface area contributed by atoms with E-state index in [4.69, 9.17) is 18.9 Å². The van der Waals surface area contributed by atoms with Crippen LogP contribution in [0.3, 0.4) is 0 Å². The van der Waals surface area contributed by atoms with Crippen LogP contribution in [-0.4, -0.2) is 70.2 Å². The number of benzene rings is 1. The lowest BCUT2D eigenvalue weighted by Gasteiger charge is -2.26. The predicted octanol–water partition coefficient (Wildman–Crippen LogP) is 1.31. The van der Waals surface area contributed by atoms with Crippen LogP contribution in [0.25, 0.3) is 11.7 Å². The summed E-state index contributed by atoms with van der Waals surface area (Å²) in [6.45, 7) is 2.20. The molecule has 0 unspecified atom stereocenters. The van der Waals surface area contributed by atoms with Crippen molar-refractivity contribution >= 4 is 33.1 Å². The molecule has 0 bridgehead atoms. The molecule has 1 aliphatic heterocycles. The van der Waals surface area contributed by atoms with Crippen molar-refractivity contribution in [2.24, 2.45) is 7.05 Å². The average Bonchev–Trinajstić information content (AvgIpc) is 3.11. The first kappa shape index (κ1) is 24.4. The van der Waals surface area contributed by atoms with Crippen molar-refractivity contribution in [2.75, 3.05) is 57.3 Å². The maximum Gasteiger partial charge on any atom is 0.292 e. The van der Waals surface area contributed by atoms with Crippen molar-refractivity contribution in [3.63, 3.8) is 0 Å². The highest BCUT2D eigenvalue weighted by Gasteiger charge is 2.22. The molecule has 12 nitrogen and oxygen atoms in total. The van der Waals surface area contributed by atoms with E-state index in [2.05, 4.69) is 9.71 Å². The summed E-state index contributed by atoms with van der Waals surface area (Å²) in [6.07, 6.45) is 4.25. The van der Waals surface area contributed by atoms with Gasteiger partial charge in [-0.25, -0.2) is 22.6 Å². The van der Waals surface area contributed by atoms with E-state index in [0.29, 0.717) is 60.4 Å². The van der Waals surface area contributed by atoms with Gasteiger partial charge in [-0.3, -0.25) is 9.52 Å². The van der Waals surface area contributed by atoms with Gasteiger partial charge in [0, 0.05) is 32.3 Å². The number of ether oxygens (including phenoxy) is 4. The summed E-state index contributed by atoms with van der Waals surface area (Å²) >= 11 is 0. The Morgan fingerprint density at radius 2 is 1.74 bits per heavy atom. The van der Waals surface area contributed by atoms with Crippen LogP contribution in [0.1, 0.15) is 5.56 Å². The molecule has 2 aromatic heterocycles. The van der Waals surface area contributed by atoms with Gasteiger partial charge in [-0.15, -0.1) is 0 Å². The molecule has 0 atom stereocenters. The van der Waals surface area contributed by atoms with E-state index < -0.39 is 10.0 Å². The highest BCUT2D eigenvalue weighted by molar-refractivity contribution is 7.95. The lowest BCUT2D eigenvalue weighted by Crippen LogP contribution is -2.39. The van der Waals surface area contributed by atoms with Crippen LogP contribution < -0.4 is 29.4 Å². The highest BCUT2D eigenvalue weighted by atomic mass is 32.2. The average molecular weight is 506 g/mol. The van der Waals surface area contributed by atoms with E-state index in [-0.39, 0.29) is 11.2 Å². The summed E-state index contributed by atoms with van der Waals surface area (Å²) in [6, 6.07) is 3.25. The van der Waals surface area contributed by atoms with Crippen molar-refractivity contribution in [2.45, 2.75) is 0 Å². The largest absolute Gasteiger partial charge is 0.496 e. The van der Waals surface area contributed by atoms with Crippen LogP contribution >= 0.6 is 0 Å². The van der Waals surface area contributed by atoms with Gasteiger partial charge < -0.3 is 23.8 Å². The zero-order chi connectivity index (χ0) is 25.2. The second kappa shape index (κ2) is 9.88. The van der Waals surface area contributed by atoms with Gasteiger partial charge in [0.05, 0.1) is 63.6 Å². The van der Waals surface area contributed by atoms with Gasteiger partial charge in [0.25, 0.3) is 15.6 Å². The first-order valence-electron chi connectivity index (χ1n) is 10.7. The van der Waals surface area contributed by atoms with Gasteiger partial charge in [0.2, 0.25) is 0 Å². The maximum absolute atomic E-state index is 12.8. The number of hydrogen-bond acceptors (Lipinski definition) is 9. The standard InChI is InChI=1S/C22H27N5O7S/c1-25-22(28)20(26-6-8-34-9-7-26)21-23-13-15(14-27(21)25)24-35(29,30)10-5-17-18(32-3)11-16(31-2)12-19(17)33-4/h5,10-14,24H,6-9H2,1-4H3/b10-5+. The molecule has 13 heteroatoms. The van der Waals surface area contributed by atoms with E-state index in [1.807, 2.05) is 4.90 Å². The van der Waals surface area contributed by atoms with Crippen molar-refractivity contribution in [1.82, 2.24) is 14.2 Å². The van der Waals surface area contributed by atoms with Crippen LogP contribution in [0.5, 0.6) is 17.2 Å². The fraction of sp³-hybridized carbons (Fsp3) is 0.364. The monoisotopic (exact) mass is 505 g/mol. The molecule has 3 aromatic rings. The molecule has 0 amide bonds. The lowest BCUT2D eigenvalue weighted by atomic mass is 10.1. The Labute approximate surface area is 202 Å². The summed E-state index contributed by atoms with van der Waals surface area (Å²) in [4.78, 5) is 19.1. The number of aryl methyl sites for hydroxylation is 1. The van der Waals surface area contributed by atoms with Crippen LogP contribution in [0.2, 0.25) is 0 Å². The lowest BCUT2D eigenvalue weighted by molar-refractivity contribution is 0.122. The van der Waals surface area contributed by atoms with E-state index in [1.165, 1.54) is 49.0 Å². The molecule has 1 aromatic carbocycles. The SMILES string of the molecule is COc1cc(OC)c(/C=C/S(=O)(=O)Nc2cnc3c(N4CCOCC4)c(=O)n(C)n3c2)c(OC)c1. The predicted molar refractivity (Wildman–Crippen MR) is 131 cm³/mol. The number of hydrogen-bond donors (Lipinski definition) is 1. The van der Waals surface area contributed by atoms with Gasteiger partial charge in [-0.1, -0.05) is 0 Å². The van der Waals surface area contributed by atoms with Gasteiger partial charge in [-0.2, -0.15) is 0 Å². The second-order valence-corrected chi connectivity index (χ2v) is 9.25. The number of sulfonamides is 1. The highest BCUT2D eigenvalue weighted by Crippen LogP contribution is 2.35. The van der Waals surface area contributed by atoms with Crippen LogP contribution in [0.15, 0.2) is 34.7 Å². The number of fused-ring (bicyclic) bond motifs is 1. The number of anilines is 2. The normalized spacial score (nSPS) is 14.5. The first-order valence-corrected chi connectivity index (χ1v) is 12.2. The van der Waals surface area contributed by atoms with Gasteiger partial charge in [-0.05, 0) is 6.08 Å². The van der Waals surface area contributed by atoms with Crippen LogP contribution in [-0.2, 0) is 21.8 Å². The first-order chi connectivity index (χ1) is 16.8. The van der Waals surface area contributed by atoms with E-state index in [9.17, 15) is 13.2 Å². The van der Waals surface area contributed by atoms with E-state index in [0.717, 1.165) is 5.41 Å². The Morgan fingerprint density at radius 1 is 1.09 bits per heavy atom.